The van der Waals surface area contributed by atoms with Gasteiger partial charge in [0.1, 0.15) is 10.7 Å². The normalized spacial score (nSPS) is 21.1. The Bertz CT molecular complexity index is 604. The third kappa shape index (κ3) is 3.52. The van der Waals surface area contributed by atoms with E-state index in [0.717, 1.165) is 6.42 Å². The SMILES string of the molecule is CNCc1cc(S(=O)(=O)N2CCC(C(C)(C)C)C2)c(Br)o1. The van der Waals surface area contributed by atoms with Crippen LogP contribution in [0.4, 0.5) is 0 Å². The molecule has 0 aliphatic carbocycles. The van der Waals surface area contributed by atoms with E-state index in [1.807, 2.05) is 0 Å². The van der Waals surface area contributed by atoms with Crippen molar-refractivity contribution in [2.75, 3.05) is 20.1 Å². The number of nitrogens with one attached hydrogen (secondary N) is 1. The third-order valence-electron chi connectivity index (χ3n) is 4.05. The zero-order valence-corrected chi connectivity index (χ0v) is 15.3. The number of hydrogen-bond acceptors (Lipinski definition) is 4. The van der Waals surface area contributed by atoms with E-state index >= 15 is 0 Å². The number of sulfonamides is 1. The van der Waals surface area contributed by atoms with Crippen LogP contribution in [-0.2, 0) is 16.6 Å². The Morgan fingerprint density at radius 2 is 2.14 bits per heavy atom. The summed E-state index contributed by atoms with van der Waals surface area (Å²) in [5.41, 5.74) is 0.120. The van der Waals surface area contributed by atoms with Crippen molar-refractivity contribution in [3.05, 3.63) is 16.5 Å². The maximum absolute atomic E-state index is 12.8. The smallest absolute Gasteiger partial charge is 0.247 e. The molecular weight excluding hydrogens is 356 g/mol. The highest BCUT2D eigenvalue weighted by Crippen LogP contribution is 2.37. The molecule has 5 nitrogen and oxygen atoms in total. The minimum atomic E-state index is -3.50. The second kappa shape index (κ2) is 6.02. The Hall–Kier alpha value is -0.370. The van der Waals surface area contributed by atoms with Gasteiger partial charge in [0.25, 0.3) is 0 Å². The van der Waals surface area contributed by atoms with Crippen LogP contribution in [0.1, 0.15) is 33.0 Å². The van der Waals surface area contributed by atoms with Crippen LogP contribution in [-0.4, -0.2) is 32.9 Å². The van der Waals surface area contributed by atoms with E-state index in [2.05, 4.69) is 42.0 Å². The minimum absolute atomic E-state index is 0.120. The first-order chi connectivity index (χ1) is 9.66. The van der Waals surface area contributed by atoms with Crippen LogP contribution in [0.2, 0.25) is 0 Å². The molecule has 120 valence electrons. The van der Waals surface area contributed by atoms with Crippen LogP contribution < -0.4 is 5.32 Å². The molecule has 0 bridgehead atoms. The van der Waals surface area contributed by atoms with Gasteiger partial charge in [-0.15, -0.1) is 0 Å². The number of hydrogen-bond donors (Lipinski definition) is 1. The highest BCUT2D eigenvalue weighted by atomic mass is 79.9. The van der Waals surface area contributed by atoms with Gasteiger partial charge >= 0.3 is 0 Å². The van der Waals surface area contributed by atoms with Crippen LogP contribution in [0, 0.1) is 11.3 Å². The molecule has 0 aromatic carbocycles. The van der Waals surface area contributed by atoms with Gasteiger partial charge in [-0.2, -0.15) is 4.31 Å². The standard InChI is InChI=1S/C14H23BrN2O3S/c1-14(2,3)10-5-6-17(9-10)21(18,19)12-7-11(8-16-4)20-13(12)15/h7,10,16H,5-6,8-9H2,1-4H3. The Labute approximate surface area is 135 Å². The molecule has 1 N–H and O–H groups in total. The molecule has 0 radical (unpaired) electrons. The molecule has 1 unspecified atom stereocenters. The summed E-state index contributed by atoms with van der Waals surface area (Å²) >= 11 is 3.22. The lowest BCUT2D eigenvalue weighted by Crippen LogP contribution is -2.31. The van der Waals surface area contributed by atoms with E-state index in [1.165, 1.54) is 0 Å². The summed E-state index contributed by atoms with van der Waals surface area (Å²) in [5.74, 6) is 0.990. The van der Waals surface area contributed by atoms with Crippen LogP contribution in [0.3, 0.4) is 0 Å². The summed E-state index contributed by atoms with van der Waals surface area (Å²) in [6.45, 7) is 8.12. The predicted molar refractivity (Wildman–Crippen MR) is 85.5 cm³/mol. The summed E-state index contributed by atoms with van der Waals surface area (Å²) in [6.07, 6.45) is 0.904. The summed E-state index contributed by atoms with van der Waals surface area (Å²) in [7, 11) is -1.70. The van der Waals surface area contributed by atoms with Gasteiger partial charge in [-0.1, -0.05) is 20.8 Å². The zero-order chi connectivity index (χ0) is 15.8. The molecule has 1 aliphatic heterocycles. The second-order valence-corrected chi connectivity index (χ2v) is 9.22. The average molecular weight is 379 g/mol. The molecule has 1 aliphatic rings. The fraction of sp³-hybridized carbons (Fsp3) is 0.714. The molecule has 2 heterocycles. The van der Waals surface area contributed by atoms with E-state index in [-0.39, 0.29) is 15.0 Å². The first-order valence-corrected chi connectivity index (χ1v) is 9.32. The molecule has 1 aromatic heterocycles. The van der Waals surface area contributed by atoms with E-state index in [1.54, 1.807) is 17.4 Å². The van der Waals surface area contributed by atoms with Crippen molar-refractivity contribution in [1.82, 2.24) is 9.62 Å². The van der Waals surface area contributed by atoms with Crippen molar-refractivity contribution < 1.29 is 12.8 Å². The topological polar surface area (TPSA) is 62.6 Å². The lowest BCUT2D eigenvalue weighted by atomic mass is 9.80. The first kappa shape index (κ1) is 17.0. The van der Waals surface area contributed by atoms with E-state index in [0.29, 0.717) is 31.3 Å². The Balaban J connectivity index is 2.23. The van der Waals surface area contributed by atoms with Crippen LogP contribution in [0.25, 0.3) is 0 Å². The predicted octanol–water partition coefficient (Wildman–Crippen LogP) is 2.82. The van der Waals surface area contributed by atoms with Gasteiger partial charge in [0, 0.05) is 19.2 Å². The fourth-order valence-electron chi connectivity index (χ4n) is 2.63. The maximum Gasteiger partial charge on any atom is 0.247 e. The molecule has 2 rings (SSSR count). The van der Waals surface area contributed by atoms with Crippen LogP contribution in [0.5, 0.6) is 0 Å². The third-order valence-corrected chi connectivity index (χ3v) is 6.77. The molecular formula is C14H23BrN2O3S. The fourth-order valence-corrected chi connectivity index (χ4v) is 5.09. The van der Waals surface area contributed by atoms with E-state index < -0.39 is 10.0 Å². The Kier molecular flexibility index (Phi) is 4.87. The minimum Gasteiger partial charge on any atom is -0.452 e. The van der Waals surface area contributed by atoms with Crippen molar-refractivity contribution in [2.24, 2.45) is 11.3 Å². The molecule has 7 heteroatoms. The Morgan fingerprint density at radius 1 is 1.48 bits per heavy atom. The maximum atomic E-state index is 12.8. The van der Waals surface area contributed by atoms with Gasteiger partial charge < -0.3 is 9.73 Å². The molecule has 0 spiro atoms. The first-order valence-electron chi connectivity index (χ1n) is 7.09. The van der Waals surface area contributed by atoms with Gasteiger partial charge in [0.2, 0.25) is 10.0 Å². The molecule has 21 heavy (non-hydrogen) atoms. The van der Waals surface area contributed by atoms with Crippen molar-refractivity contribution in [3.8, 4) is 0 Å². The van der Waals surface area contributed by atoms with Crippen molar-refractivity contribution in [3.63, 3.8) is 0 Å². The summed E-state index contributed by atoms with van der Waals surface area (Å²) in [5, 5.41) is 2.95. The largest absolute Gasteiger partial charge is 0.452 e. The number of nitrogens with zero attached hydrogens (tertiary/aromatic N) is 1. The zero-order valence-electron chi connectivity index (χ0n) is 12.9. The molecule has 1 atom stereocenters. The number of furan rings is 1. The molecule has 1 fully saturated rings. The quantitative estimate of drug-likeness (QED) is 0.874. The van der Waals surface area contributed by atoms with Gasteiger partial charge in [-0.3, -0.25) is 0 Å². The van der Waals surface area contributed by atoms with Crippen molar-refractivity contribution in [2.45, 2.75) is 38.6 Å². The molecule has 0 amide bonds. The van der Waals surface area contributed by atoms with Gasteiger partial charge in [-0.05, 0) is 40.7 Å². The van der Waals surface area contributed by atoms with Gasteiger partial charge in [0.15, 0.2) is 4.67 Å². The number of rotatable bonds is 4. The lowest BCUT2D eigenvalue weighted by Gasteiger charge is -2.26. The summed E-state index contributed by atoms with van der Waals surface area (Å²) in [4.78, 5) is 0.224. The van der Waals surface area contributed by atoms with Crippen LogP contribution >= 0.6 is 15.9 Å². The molecule has 1 saturated heterocycles. The highest BCUT2D eigenvalue weighted by Gasteiger charge is 2.39. The Morgan fingerprint density at radius 3 is 2.67 bits per heavy atom. The number of halogens is 1. The highest BCUT2D eigenvalue weighted by molar-refractivity contribution is 9.10. The van der Waals surface area contributed by atoms with E-state index in [9.17, 15) is 8.42 Å². The average Bonchev–Trinajstić information content (AvgIpc) is 2.96. The monoisotopic (exact) mass is 378 g/mol. The van der Waals surface area contributed by atoms with E-state index in [4.69, 9.17) is 4.42 Å². The summed E-state index contributed by atoms with van der Waals surface area (Å²) in [6, 6.07) is 1.60. The van der Waals surface area contributed by atoms with Crippen LogP contribution in [0.15, 0.2) is 20.0 Å². The van der Waals surface area contributed by atoms with Crippen molar-refractivity contribution >= 4 is 26.0 Å². The molecule has 0 saturated carbocycles. The van der Waals surface area contributed by atoms with Crippen molar-refractivity contribution in [1.29, 1.82) is 0 Å². The molecule has 1 aromatic rings. The second-order valence-electron chi connectivity index (χ2n) is 6.60. The lowest BCUT2D eigenvalue weighted by molar-refractivity contribution is 0.252. The van der Waals surface area contributed by atoms with Gasteiger partial charge in [0.05, 0.1) is 6.54 Å². The summed E-state index contributed by atoms with van der Waals surface area (Å²) < 4.78 is 32.8. The van der Waals surface area contributed by atoms with Gasteiger partial charge in [-0.25, -0.2) is 8.42 Å².